The number of hydrogen-bond acceptors (Lipinski definition) is 3. The molecule has 3 N–H and O–H groups in total. The van der Waals surface area contributed by atoms with E-state index in [4.69, 9.17) is 5.73 Å². The molecular weight excluding hydrogens is 287 g/mol. The predicted octanol–water partition coefficient (Wildman–Crippen LogP) is 2.65. The minimum absolute atomic E-state index is 0.166. The standard InChI is InChI=1S/C12H10BrFN2O/c13-7-1-2-10(14)8(5-7)12(17)9-6-16-4-3-11(9)15/h1-6,12,17H,(H2,15,16). The van der Waals surface area contributed by atoms with E-state index in [0.717, 1.165) is 0 Å². The lowest BCUT2D eigenvalue weighted by Gasteiger charge is -2.14. The van der Waals surface area contributed by atoms with Gasteiger partial charge in [-0.1, -0.05) is 15.9 Å². The van der Waals surface area contributed by atoms with Gasteiger partial charge in [0.25, 0.3) is 0 Å². The van der Waals surface area contributed by atoms with Crippen LogP contribution in [0.5, 0.6) is 0 Å². The highest BCUT2D eigenvalue weighted by Crippen LogP contribution is 2.29. The number of nitrogen functional groups attached to an aromatic ring is 1. The fraction of sp³-hybridized carbons (Fsp3) is 0.0833. The Morgan fingerprint density at radius 2 is 2.06 bits per heavy atom. The second-order valence-electron chi connectivity index (χ2n) is 3.57. The third kappa shape index (κ3) is 2.45. The Bertz CT molecular complexity index is 548. The Morgan fingerprint density at radius 3 is 2.76 bits per heavy atom. The van der Waals surface area contributed by atoms with E-state index in [1.807, 2.05) is 0 Å². The van der Waals surface area contributed by atoms with E-state index >= 15 is 0 Å². The van der Waals surface area contributed by atoms with Crippen molar-refractivity contribution in [1.29, 1.82) is 0 Å². The van der Waals surface area contributed by atoms with Crippen molar-refractivity contribution in [3.8, 4) is 0 Å². The number of pyridine rings is 1. The van der Waals surface area contributed by atoms with E-state index in [9.17, 15) is 9.50 Å². The van der Waals surface area contributed by atoms with Crippen molar-refractivity contribution >= 4 is 21.6 Å². The normalized spacial score (nSPS) is 12.4. The molecular formula is C12H10BrFN2O. The first-order valence-corrected chi connectivity index (χ1v) is 5.71. The van der Waals surface area contributed by atoms with Crippen molar-refractivity contribution in [2.45, 2.75) is 6.10 Å². The quantitative estimate of drug-likeness (QED) is 0.896. The van der Waals surface area contributed by atoms with E-state index < -0.39 is 11.9 Å². The molecule has 0 aliphatic heterocycles. The van der Waals surface area contributed by atoms with Gasteiger partial charge in [-0.25, -0.2) is 4.39 Å². The Balaban J connectivity index is 2.47. The Hall–Kier alpha value is -1.46. The second kappa shape index (κ2) is 4.81. The first-order chi connectivity index (χ1) is 8.09. The summed E-state index contributed by atoms with van der Waals surface area (Å²) < 4.78 is 14.3. The zero-order chi connectivity index (χ0) is 12.4. The topological polar surface area (TPSA) is 59.1 Å². The molecule has 2 aromatic rings. The Labute approximate surface area is 106 Å². The summed E-state index contributed by atoms with van der Waals surface area (Å²) in [5, 5.41) is 10.1. The van der Waals surface area contributed by atoms with Gasteiger partial charge in [-0.05, 0) is 24.3 Å². The number of aromatic nitrogens is 1. The van der Waals surface area contributed by atoms with Crippen molar-refractivity contribution in [2.75, 3.05) is 5.73 Å². The molecule has 2 rings (SSSR count). The SMILES string of the molecule is Nc1ccncc1C(O)c1cc(Br)ccc1F. The molecule has 0 saturated heterocycles. The van der Waals surface area contributed by atoms with E-state index in [1.54, 1.807) is 12.1 Å². The number of aliphatic hydroxyl groups is 1. The fourth-order valence-electron chi connectivity index (χ4n) is 1.54. The summed E-state index contributed by atoms with van der Waals surface area (Å²) in [4.78, 5) is 3.87. The largest absolute Gasteiger partial charge is 0.398 e. The molecule has 0 saturated carbocycles. The molecule has 0 bridgehead atoms. The Kier molecular flexibility index (Phi) is 3.40. The number of nitrogens with zero attached hydrogens (tertiary/aromatic N) is 1. The van der Waals surface area contributed by atoms with Crippen molar-refractivity contribution < 1.29 is 9.50 Å². The molecule has 1 aromatic heterocycles. The molecule has 5 heteroatoms. The fourth-order valence-corrected chi connectivity index (χ4v) is 1.92. The van der Waals surface area contributed by atoms with Gasteiger partial charge in [-0.2, -0.15) is 0 Å². The molecule has 0 aliphatic carbocycles. The molecule has 88 valence electrons. The van der Waals surface area contributed by atoms with Crippen LogP contribution in [-0.4, -0.2) is 10.1 Å². The van der Waals surface area contributed by atoms with Crippen LogP contribution in [0.2, 0.25) is 0 Å². The van der Waals surface area contributed by atoms with E-state index in [2.05, 4.69) is 20.9 Å². The predicted molar refractivity (Wildman–Crippen MR) is 66.8 cm³/mol. The molecule has 0 spiro atoms. The zero-order valence-corrected chi connectivity index (χ0v) is 10.4. The molecule has 0 aliphatic rings. The van der Waals surface area contributed by atoms with Crippen molar-refractivity contribution in [3.63, 3.8) is 0 Å². The number of halogens is 2. The minimum atomic E-state index is -1.12. The molecule has 1 aromatic carbocycles. The molecule has 0 amide bonds. The first-order valence-electron chi connectivity index (χ1n) is 4.92. The van der Waals surface area contributed by atoms with Gasteiger partial charge in [-0.15, -0.1) is 0 Å². The highest BCUT2D eigenvalue weighted by atomic mass is 79.9. The molecule has 1 atom stereocenters. The lowest BCUT2D eigenvalue weighted by Crippen LogP contribution is -2.06. The zero-order valence-electron chi connectivity index (χ0n) is 8.77. The highest BCUT2D eigenvalue weighted by Gasteiger charge is 2.17. The first kappa shape index (κ1) is 12.0. The van der Waals surface area contributed by atoms with Crippen LogP contribution in [0.4, 0.5) is 10.1 Å². The summed E-state index contributed by atoms with van der Waals surface area (Å²) in [6.45, 7) is 0. The van der Waals surface area contributed by atoms with Crippen LogP contribution in [0.25, 0.3) is 0 Å². The summed E-state index contributed by atoms with van der Waals surface area (Å²) in [5.74, 6) is -0.482. The maximum absolute atomic E-state index is 13.6. The van der Waals surface area contributed by atoms with Gasteiger partial charge in [0.2, 0.25) is 0 Å². The molecule has 1 unspecified atom stereocenters. The number of aliphatic hydroxyl groups excluding tert-OH is 1. The van der Waals surface area contributed by atoms with Gasteiger partial charge in [-0.3, -0.25) is 4.98 Å². The number of nitrogens with two attached hydrogens (primary N) is 1. The van der Waals surface area contributed by atoms with Crippen molar-refractivity contribution in [3.05, 3.63) is 58.1 Å². The molecule has 0 radical (unpaired) electrons. The number of anilines is 1. The smallest absolute Gasteiger partial charge is 0.129 e. The Morgan fingerprint density at radius 1 is 1.29 bits per heavy atom. The highest BCUT2D eigenvalue weighted by molar-refractivity contribution is 9.10. The van der Waals surface area contributed by atoms with E-state index in [0.29, 0.717) is 15.7 Å². The van der Waals surface area contributed by atoms with Crippen LogP contribution in [0, 0.1) is 5.82 Å². The van der Waals surface area contributed by atoms with Gasteiger partial charge >= 0.3 is 0 Å². The molecule has 17 heavy (non-hydrogen) atoms. The monoisotopic (exact) mass is 296 g/mol. The maximum Gasteiger partial charge on any atom is 0.129 e. The van der Waals surface area contributed by atoms with Gasteiger partial charge < -0.3 is 10.8 Å². The van der Waals surface area contributed by atoms with Crippen LogP contribution in [0.1, 0.15) is 17.2 Å². The van der Waals surface area contributed by atoms with Gasteiger partial charge in [0.05, 0.1) is 0 Å². The van der Waals surface area contributed by atoms with Crippen LogP contribution in [0.15, 0.2) is 41.1 Å². The summed E-state index contributed by atoms with van der Waals surface area (Å²) >= 11 is 3.23. The minimum Gasteiger partial charge on any atom is -0.398 e. The third-order valence-corrected chi connectivity index (χ3v) is 2.93. The maximum atomic E-state index is 13.6. The molecule has 0 fully saturated rings. The molecule has 1 heterocycles. The van der Waals surface area contributed by atoms with Crippen LogP contribution >= 0.6 is 15.9 Å². The number of hydrogen-bond donors (Lipinski definition) is 2. The van der Waals surface area contributed by atoms with Crippen molar-refractivity contribution in [2.24, 2.45) is 0 Å². The van der Waals surface area contributed by atoms with Crippen molar-refractivity contribution in [1.82, 2.24) is 4.98 Å². The van der Waals surface area contributed by atoms with Crippen LogP contribution in [0.3, 0.4) is 0 Å². The summed E-state index contributed by atoms with van der Waals surface area (Å²) in [6, 6.07) is 5.94. The van der Waals surface area contributed by atoms with Crippen LogP contribution < -0.4 is 5.73 Å². The lowest BCUT2D eigenvalue weighted by atomic mass is 10.0. The van der Waals surface area contributed by atoms with Gasteiger partial charge in [0, 0.05) is 33.7 Å². The average molecular weight is 297 g/mol. The number of rotatable bonds is 2. The van der Waals surface area contributed by atoms with Gasteiger partial charge in [0.15, 0.2) is 0 Å². The van der Waals surface area contributed by atoms with E-state index in [1.165, 1.54) is 24.5 Å². The second-order valence-corrected chi connectivity index (χ2v) is 4.49. The van der Waals surface area contributed by atoms with Gasteiger partial charge in [0.1, 0.15) is 11.9 Å². The van der Waals surface area contributed by atoms with Crippen LogP contribution in [-0.2, 0) is 0 Å². The summed E-state index contributed by atoms with van der Waals surface area (Å²) in [5.41, 5.74) is 6.65. The average Bonchev–Trinajstić information content (AvgIpc) is 2.32. The summed E-state index contributed by atoms with van der Waals surface area (Å²) in [6.07, 6.45) is 1.82. The van der Waals surface area contributed by atoms with E-state index in [-0.39, 0.29) is 5.56 Å². The summed E-state index contributed by atoms with van der Waals surface area (Å²) in [7, 11) is 0. The lowest BCUT2D eigenvalue weighted by molar-refractivity contribution is 0.215. The number of benzene rings is 1. The third-order valence-electron chi connectivity index (χ3n) is 2.43. The molecule has 3 nitrogen and oxygen atoms in total.